The van der Waals surface area contributed by atoms with Crippen molar-refractivity contribution in [2.45, 2.75) is 59.6 Å². The van der Waals surface area contributed by atoms with Crippen LogP contribution >= 0.6 is 0 Å². The minimum atomic E-state index is 0.320. The van der Waals surface area contributed by atoms with Gasteiger partial charge >= 0.3 is 0 Å². The Labute approximate surface area is 112 Å². The molecule has 1 aromatic rings. The maximum atomic E-state index is 6.13. The van der Waals surface area contributed by atoms with Crippen LogP contribution in [0.2, 0.25) is 0 Å². The third-order valence-corrected chi connectivity index (χ3v) is 3.35. The predicted molar refractivity (Wildman–Crippen MR) is 78.3 cm³/mol. The van der Waals surface area contributed by atoms with Crippen molar-refractivity contribution in [1.29, 1.82) is 0 Å². The van der Waals surface area contributed by atoms with Crippen LogP contribution in [0.3, 0.4) is 0 Å². The van der Waals surface area contributed by atoms with Crippen molar-refractivity contribution < 1.29 is 4.74 Å². The number of hydrogen-bond donors (Lipinski definition) is 1. The summed E-state index contributed by atoms with van der Waals surface area (Å²) in [5.41, 5.74) is 2.55. The highest BCUT2D eigenvalue weighted by Gasteiger charge is 2.14. The third kappa shape index (κ3) is 4.02. The Kier molecular flexibility index (Phi) is 6.20. The van der Waals surface area contributed by atoms with Crippen LogP contribution in [0, 0.1) is 6.92 Å². The Morgan fingerprint density at radius 3 is 2.39 bits per heavy atom. The molecule has 1 unspecified atom stereocenters. The van der Waals surface area contributed by atoms with Crippen LogP contribution in [-0.2, 0) is 0 Å². The molecule has 1 rings (SSSR count). The van der Waals surface area contributed by atoms with E-state index in [1.54, 1.807) is 0 Å². The van der Waals surface area contributed by atoms with Crippen LogP contribution in [0.1, 0.15) is 57.7 Å². The van der Waals surface area contributed by atoms with Crippen LogP contribution in [0.25, 0.3) is 0 Å². The average Bonchev–Trinajstić information content (AvgIpc) is 2.37. The molecule has 1 atom stereocenters. The molecule has 0 bridgehead atoms. The van der Waals surface area contributed by atoms with E-state index in [0.717, 1.165) is 25.1 Å². The molecule has 0 radical (unpaired) electrons. The second kappa shape index (κ2) is 7.42. The van der Waals surface area contributed by atoms with Gasteiger partial charge in [0.15, 0.2) is 0 Å². The summed E-state index contributed by atoms with van der Waals surface area (Å²) in [4.78, 5) is 0. The van der Waals surface area contributed by atoms with Gasteiger partial charge in [-0.25, -0.2) is 0 Å². The standard InChI is InChI=1S/C16H27NO/c1-6-14(7-2)18-16-10-9-12(4)11-15(16)13(5)17-8-3/h9-11,13-14,17H,6-8H2,1-5H3. The molecule has 102 valence electrons. The molecule has 18 heavy (non-hydrogen) atoms. The van der Waals surface area contributed by atoms with Gasteiger partial charge in [0, 0.05) is 11.6 Å². The zero-order valence-corrected chi connectivity index (χ0v) is 12.4. The van der Waals surface area contributed by atoms with E-state index in [9.17, 15) is 0 Å². The summed E-state index contributed by atoms with van der Waals surface area (Å²) in [5.74, 6) is 1.03. The van der Waals surface area contributed by atoms with Crippen molar-refractivity contribution in [3.8, 4) is 5.75 Å². The number of aryl methyl sites for hydroxylation is 1. The van der Waals surface area contributed by atoms with Gasteiger partial charge in [-0.1, -0.05) is 38.5 Å². The molecule has 0 saturated carbocycles. The molecular formula is C16H27NO. The fourth-order valence-electron chi connectivity index (χ4n) is 2.16. The number of rotatable bonds is 7. The lowest BCUT2D eigenvalue weighted by molar-refractivity contribution is 0.189. The lowest BCUT2D eigenvalue weighted by Gasteiger charge is -2.22. The van der Waals surface area contributed by atoms with E-state index >= 15 is 0 Å². The first-order chi connectivity index (χ1) is 8.62. The molecule has 0 amide bonds. The molecule has 0 fully saturated rings. The minimum Gasteiger partial charge on any atom is -0.490 e. The molecule has 0 heterocycles. The maximum absolute atomic E-state index is 6.13. The fourth-order valence-corrected chi connectivity index (χ4v) is 2.16. The van der Waals surface area contributed by atoms with Gasteiger partial charge in [0.05, 0.1) is 6.10 Å². The zero-order valence-electron chi connectivity index (χ0n) is 12.4. The molecule has 0 aromatic heterocycles. The number of nitrogens with one attached hydrogen (secondary N) is 1. The summed E-state index contributed by atoms with van der Waals surface area (Å²) in [6.45, 7) is 11.8. The molecule has 0 aliphatic rings. The van der Waals surface area contributed by atoms with E-state index in [1.807, 2.05) is 0 Å². The predicted octanol–water partition coefficient (Wildman–Crippen LogP) is 4.23. The van der Waals surface area contributed by atoms with Gasteiger partial charge < -0.3 is 10.1 Å². The molecule has 1 aromatic carbocycles. The monoisotopic (exact) mass is 249 g/mol. The maximum Gasteiger partial charge on any atom is 0.124 e. The molecule has 1 N–H and O–H groups in total. The largest absolute Gasteiger partial charge is 0.490 e. The van der Waals surface area contributed by atoms with E-state index in [0.29, 0.717) is 12.1 Å². The summed E-state index contributed by atoms with van der Waals surface area (Å²) >= 11 is 0. The fraction of sp³-hybridized carbons (Fsp3) is 0.625. The smallest absolute Gasteiger partial charge is 0.124 e. The summed E-state index contributed by atoms with van der Waals surface area (Å²) in [5, 5.41) is 3.46. The van der Waals surface area contributed by atoms with Crippen molar-refractivity contribution in [3.63, 3.8) is 0 Å². The van der Waals surface area contributed by atoms with Crippen LogP contribution in [-0.4, -0.2) is 12.6 Å². The average molecular weight is 249 g/mol. The highest BCUT2D eigenvalue weighted by Crippen LogP contribution is 2.28. The van der Waals surface area contributed by atoms with Crippen molar-refractivity contribution in [1.82, 2.24) is 5.32 Å². The number of hydrogen-bond acceptors (Lipinski definition) is 2. The van der Waals surface area contributed by atoms with Crippen molar-refractivity contribution in [2.75, 3.05) is 6.54 Å². The normalized spacial score (nSPS) is 12.8. The first-order valence-corrected chi connectivity index (χ1v) is 7.12. The van der Waals surface area contributed by atoms with Gasteiger partial charge in [-0.3, -0.25) is 0 Å². The number of benzene rings is 1. The molecule has 0 spiro atoms. The SMILES string of the molecule is CCNC(C)c1cc(C)ccc1OC(CC)CC. The third-order valence-electron chi connectivity index (χ3n) is 3.35. The molecule has 2 heteroatoms. The Morgan fingerprint density at radius 1 is 1.17 bits per heavy atom. The lowest BCUT2D eigenvalue weighted by Crippen LogP contribution is -2.21. The van der Waals surface area contributed by atoms with Gasteiger partial charge in [-0.15, -0.1) is 0 Å². The highest BCUT2D eigenvalue weighted by atomic mass is 16.5. The van der Waals surface area contributed by atoms with Gasteiger partial charge in [0.1, 0.15) is 5.75 Å². The van der Waals surface area contributed by atoms with Gasteiger partial charge in [0.2, 0.25) is 0 Å². The lowest BCUT2D eigenvalue weighted by atomic mass is 10.0. The molecule has 0 saturated heterocycles. The highest BCUT2D eigenvalue weighted by molar-refractivity contribution is 5.39. The van der Waals surface area contributed by atoms with Gasteiger partial charge in [-0.2, -0.15) is 0 Å². The van der Waals surface area contributed by atoms with Crippen LogP contribution in [0.15, 0.2) is 18.2 Å². The van der Waals surface area contributed by atoms with Crippen LogP contribution < -0.4 is 10.1 Å². The van der Waals surface area contributed by atoms with Crippen molar-refractivity contribution in [2.24, 2.45) is 0 Å². The van der Waals surface area contributed by atoms with Crippen molar-refractivity contribution in [3.05, 3.63) is 29.3 Å². The summed E-state index contributed by atoms with van der Waals surface area (Å²) in [6.07, 6.45) is 2.43. The Bertz CT molecular complexity index is 358. The van der Waals surface area contributed by atoms with Crippen molar-refractivity contribution >= 4 is 0 Å². The van der Waals surface area contributed by atoms with Crippen LogP contribution in [0.4, 0.5) is 0 Å². The van der Waals surface area contributed by atoms with E-state index in [1.165, 1.54) is 11.1 Å². The summed E-state index contributed by atoms with van der Waals surface area (Å²) in [6, 6.07) is 6.79. The first kappa shape index (κ1) is 15.0. The molecule has 2 nitrogen and oxygen atoms in total. The van der Waals surface area contributed by atoms with Crippen LogP contribution in [0.5, 0.6) is 5.75 Å². The first-order valence-electron chi connectivity index (χ1n) is 7.12. The molecular weight excluding hydrogens is 222 g/mol. The van der Waals surface area contributed by atoms with E-state index in [-0.39, 0.29) is 0 Å². The number of ether oxygens (including phenoxy) is 1. The minimum absolute atomic E-state index is 0.320. The van der Waals surface area contributed by atoms with Gasteiger partial charge in [-0.05, 0) is 39.3 Å². The van der Waals surface area contributed by atoms with Gasteiger partial charge in [0.25, 0.3) is 0 Å². The quantitative estimate of drug-likeness (QED) is 0.780. The molecule has 0 aliphatic heterocycles. The summed E-state index contributed by atoms with van der Waals surface area (Å²) in [7, 11) is 0. The second-order valence-corrected chi connectivity index (χ2v) is 4.88. The molecule has 0 aliphatic carbocycles. The Hall–Kier alpha value is -1.02. The summed E-state index contributed by atoms with van der Waals surface area (Å²) < 4.78 is 6.13. The Balaban J connectivity index is 2.95. The Morgan fingerprint density at radius 2 is 1.83 bits per heavy atom. The second-order valence-electron chi connectivity index (χ2n) is 4.88. The zero-order chi connectivity index (χ0) is 13.5. The van der Waals surface area contributed by atoms with E-state index in [4.69, 9.17) is 4.74 Å². The topological polar surface area (TPSA) is 21.3 Å². The van der Waals surface area contributed by atoms with E-state index in [2.05, 4.69) is 58.1 Å². The van der Waals surface area contributed by atoms with E-state index < -0.39 is 0 Å².